The smallest absolute Gasteiger partial charge is 0.225 e. The zero-order valence-electron chi connectivity index (χ0n) is 32.5. The fourth-order valence-electron chi connectivity index (χ4n) is 7.92. The summed E-state index contributed by atoms with van der Waals surface area (Å²) in [5, 5.41) is 10.9. The molecule has 2 aromatic heterocycles. The van der Waals surface area contributed by atoms with Crippen LogP contribution in [0.4, 0.5) is 19.7 Å². The lowest BCUT2D eigenvalue weighted by molar-refractivity contribution is 0.134. The molecule has 1 aromatic carbocycles. The Labute approximate surface area is 314 Å². The molecule has 0 bridgehead atoms. The van der Waals surface area contributed by atoms with Crippen LogP contribution in [-0.2, 0) is 18.0 Å². The Morgan fingerprint density at radius 3 is 2.54 bits per heavy atom. The van der Waals surface area contributed by atoms with Gasteiger partial charge in [-0.3, -0.25) is 0 Å². The second-order valence-corrected chi connectivity index (χ2v) is 16.1. The summed E-state index contributed by atoms with van der Waals surface area (Å²) < 4.78 is 38.1. The van der Waals surface area contributed by atoms with Gasteiger partial charge in [0, 0.05) is 41.8 Å². The molecule has 0 amide bonds. The molecule has 52 heavy (non-hydrogen) atoms. The molecule has 10 heteroatoms. The highest BCUT2D eigenvalue weighted by atomic mass is 32.1. The Hall–Kier alpha value is -3.39. The standard InChI is InChI=1S/C32H35F2N5OS.C10H23N/c1-5-16(3)25(27-19(10-35)31(36)41-30(27)24(33)6-2)26-23-15-40-14-22(23)20-11-37-32(38-29(20)28(26)34)39-12-17(4)21(13-39)18-8-7-9-18;1-5-7-8-9-11(4)10(3)6-2/h6,11,17-18,21H,5,7-9,12-15,36H2,1-4H3;10H,5-9H2,1-4H3/b24-6+,25-16?;/t;10-/m.0/s1. The molecule has 0 radical (unpaired) electrons. The molecule has 3 atom stereocenters. The fourth-order valence-corrected chi connectivity index (χ4v) is 8.91. The first-order valence-electron chi connectivity index (χ1n) is 19.4. The number of fused-ring (bicyclic) bond motifs is 3. The maximum atomic E-state index is 17.0. The van der Waals surface area contributed by atoms with Crippen LogP contribution in [-0.4, -0.2) is 47.6 Å². The van der Waals surface area contributed by atoms with Gasteiger partial charge in [0.2, 0.25) is 5.95 Å². The summed E-state index contributed by atoms with van der Waals surface area (Å²) in [6, 6.07) is 2.92. The predicted octanol–water partition coefficient (Wildman–Crippen LogP) is 10.7. The van der Waals surface area contributed by atoms with E-state index < -0.39 is 11.6 Å². The first kappa shape index (κ1) is 39.8. The highest BCUT2D eigenvalue weighted by Crippen LogP contribution is 2.48. The van der Waals surface area contributed by atoms with Crippen LogP contribution in [0.25, 0.3) is 22.3 Å². The molecule has 6 rings (SSSR count). The Morgan fingerprint density at radius 1 is 1.19 bits per heavy atom. The largest absolute Gasteiger partial charge is 0.389 e. The molecule has 1 saturated carbocycles. The number of thiophene rings is 1. The third-order valence-corrected chi connectivity index (χ3v) is 12.9. The van der Waals surface area contributed by atoms with Gasteiger partial charge in [-0.15, -0.1) is 11.3 Å². The predicted molar refractivity (Wildman–Crippen MR) is 212 cm³/mol. The summed E-state index contributed by atoms with van der Waals surface area (Å²) in [4.78, 5) is 14.4. The van der Waals surface area contributed by atoms with Crippen LogP contribution in [0.15, 0.2) is 17.8 Å². The van der Waals surface area contributed by atoms with Gasteiger partial charge >= 0.3 is 0 Å². The van der Waals surface area contributed by atoms with Gasteiger partial charge < -0.3 is 20.3 Å². The number of nitrogens with zero attached hydrogens (tertiary/aromatic N) is 5. The van der Waals surface area contributed by atoms with E-state index in [-0.39, 0.29) is 27.6 Å². The van der Waals surface area contributed by atoms with Crippen molar-refractivity contribution in [2.75, 3.05) is 37.3 Å². The van der Waals surface area contributed by atoms with Gasteiger partial charge in [0.15, 0.2) is 5.82 Å². The number of rotatable bonds is 12. The number of allylic oxidation sites excluding steroid dienone is 2. The number of unbranched alkanes of at least 4 members (excludes halogenated alkanes) is 2. The quantitative estimate of drug-likeness (QED) is 0.185. The number of anilines is 2. The molecule has 3 aromatic rings. The summed E-state index contributed by atoms with van der Waals surface area (Å²) in [6.45, 7) is 18.0. The van der Waals surface area contributed by atoms with Gasteiger partial charge in [0.25, 0.3) is 0 Å². The summed E-state index contributed by atoms with van der Waals surface area (Å²) in [6.07, 6.45) is 12.8. The van der Waals surface area contributed by atoms with E-state index in [4.69, 9.17) is 20.4 Å². The number of nitrogen functional groups attached to an aromatic ring is 1. The molecule has 2 aliphatic heterocycles. The van der Waals surface area contributed by atoms with Crippen molar-refractivity contribution in [3.63, 3.8) is 0 Å². The topological polar surface area (TPSA) is 91.3 Å². The molecule has 1 aliphatic carbocycles. The molecule has 3 aliphatic rings. The lowest BCUT2D eigenvalue weighted by Gasteiger charge is -2.33. The summed E-state index contributed by atoms with van der Waals surface area (Å²) in [7, 11) is 2.23. The van der Waals surface area contributed by atoms with Gasteiger partial charge in [-0.05, 0) is 88.1 Å². The van der Waals surface area contributed by atoms with Gasteiger partial charge in [0.1, 0.15) is 22.4 Å². The summed E-state index contributed by atoms with van der Waals surface area (Å²) in [5.74, 6) is 1.42. The van der Waals surface area contributed by atoms with Crippen molar-refractivity contribution in [1.29, 1.82) is 5.26 Å². The van der Waals surface area contributed by atoms with Gasteiger partial charge in [-0.25, -0.2) is 18.7 Å². The normalized spacial score (nSPS) is 20.0. The number of ether oxygens (including phenoxy) is 1. The van der Waals surface area contributed by atoms with Crippen molar-refractivity contribution >= 4 is 44.6 Å². The maximum absolute atomic E-state index is 17.0. The van der Waals surface area contributed by atoms with Crippen LogP contribution in [0.1, 0.15) is 133 Å². The molecule has 2 N–H and O–H groups in total. The summed E-state index contributed by atoms with van der Waals surface area (Å²) in [5.41, 5.74) is 10.1. The molecular weight excluding hydrogens is 675 g/mol. The number of hydrogen-bond donors (Lipinski definition) is 1. The van der Waals surface area contributed by atoms with Gasteiger partial charge in [-0.1, -0.05) is 71.4 Å². The van der Waals surface area contributed by atoms with Crippen LogP contribution in [0.5, 0.6) is 0 Å². The second kappa shape index (κ2) is 17.6. The van der Waals surface area contributed by atoms with E-state index >= 15 is 8.78 Å². The number of benzene rings is 1. The molecular formula is C42H58F2N6OS. The first-order chi connectivity index (χ1) is 25.0. The van der Waals surface area contributed by atoms with Crippen molar-refractivity contribution in [1.82, 2.24) is 14.9 Å². The molecule has 4 heterocycles. The Kier molecular flexibility index (Phi) is 13.5. The third kappa shape index (κ3) is 7.93. The SMILES string of the molecule is C/C=C(/F)c1sc(N)c(C#N)c1C(=C(C)CC)c1c2c(c3cnc(N4CC(C)C(C5CCC5)C4)nc3c1F)COC2.CCCCCN(C)[C@@H](C)CC. The number of nitrogens with two attached hydrogens (primary N) is 1. The minimum absolute atomic E-state index is 0.161. The Bertz CT molecular complexity index is 1840. The van der Waals surface area contributed by atoms with Crippen LogP contribution >= 0.6 is 11.3 Å². The number of aromatic nitrogens is 2. The molecule has 2 unspecified atom stereocenters. The zero-order valence-corrected chi connectivity index (χ0v) is 33.4. The van der Waals surface area contributed by atoms with Crippen molar-refractivity contribution in [3.05, 3.63) is 56.4 Å². The van der Waals surface area contributed by atoms with E-state index in [1.807, 2.05) is 13.8 Å². The van der Waals surface area contributed by atoms with E-state index in [2.05, 4.69) is 50.6 Å². The Balaban J connectivity index is 0.000000413. The molecule has 0 spiro atoms. The average molecular weight is 733 g/mol. The number of nitriles is 1. The number of hydrogen-bond acceptors (Lipinski definition) is 8. The van der Waals surface area contributed by atoms with Crippen LogP contribution < -0.4 is 10.6 Å². The van der Waals surface area contributed by atoms with E-state index in [1.54, 1.807) is 13.1 Å². The van der Waals surface area contributed by atoms with E-state index in [9.17, 15) is 5.26 Å². The fraction of sp³-hybridized carbons (Fsp3) is 0.595. The van der Waals surface area contributed by atoms with Crippen molar-refractivity contribution < 1.29 is 13.5 Å². The molecule has 1 saturated heterocycles. The lowest BCUT2D eigenvalue weighted by Crippen LogP contribution is -2.29. The number of halogens is 2. The van der Waals surface area contributed by atoms with Crippen LogP contribution in [0.3, 0.4) is 0 Å². The molecule has 282 valence electrons. The minimum atomic E-state index is -0.501. The molecule has 7 nitrogen and oxygen atoms in total. The van der Waals surface area contributed by atoms with Crippen molar-refractivity contribution in [3.8, 4) is 6.07 Å². The van der Waals surface area contributed by atoms with E-state index in [1.165, 1.54) is 57.6 Å². The average Bonchev–Trinajstić information content (AvgIpc) is 3.85. The Morgan fingerprint density at radius 2 is 1.92 bits per heavy atom. The van der Waals surface area contributed by atoms with Gasteiger partial charge in [0.05, 0.1) is 23.7 Å². The van der Waals surface area contributed by atoms with Crippen molar-refractivity contribution in [2.45, 2.75) is 119 Å². The summed E-state index contributed by atoms with van der Waals surface area (Å²) >= 11 is 1.01. The third-order valence-electron chi connectivity index (χ3n) is 11.8. The first-order valence-corrected chi connectivity index (χ1v) is 20.2. The van der Waals surface area contributed by atoms with Crippen LogP contribution in [0.2, 0.25) is 0 Å². The lowest BCUT2D eigenvalue weighted by atomic mass is 9.72. The highest BCUT2D eigenvalue weighted by molar-refractivity contribution is 7.17. The highest BCUT2D eigenvalue weighted by Gasteiger charge is 2.39. The van der Waals surface area contributed by atoms with Crippen molar-refractivity contribution in [2.24, 2.45) is 17.8 Å². The van der Waals surface area contributed by atoms with Crippen LogP contribution in [0, 0.1) is 34.9 Å². The maximum Gasteiger partial charge on any atom is 0.225 e. The molecule has 2 fully saturated rings. The zero-order chi connectivity index (χ0) is 37.7. The monoisotopic (exact) mass is 732 g/mol. The van der Waals surface area contributed by atoms with E-state index in [0.717, 1.165) is 47.5 Å². The van der Waals surface area contributed by atoms with E-state index in [0.29, 0.717) is 58.5 Å². The van der Waals surface area contributed by atoms with Gasteiger partial charge in [-0.2, -0.15) is 5.26 Å². The second-order valence-electron chi connectivity index (χ2n) is 15.1. The minimum Gasteiger partial charge on any atom is -0.389 e.